The minimum absolute atomic E-state index is 0.450. The predicted molar refractivity (Wildman–Crippen MR) is 94.8 cm³/mol. The molecule has 1 amide bonds. The fourth-order valence-corrected chi connectivity index (χ4v) is 2.39. The van der Waals surface area contributed by atoms with Crippen LogP contribution < -0.4 is 5.32 Å². The van der Waals surface area contributed by atoms with Crippen molar-refractivity contribution >= 4 is 22.8 Å². The Morgan fingerprint density at radius 3 is 2.58 bits per heavy atom. The van der Waals surface area contributed by atoms with E-state index in [1.54, 1.807) is 18.5 Å². The molecule has 122 valence electrons. The number of fused-ring (bicyclic) bond motifs is 1. The van der Waals surface area contributed by atoms with Crippen molar-refractivity contribution in [3.05, 3.63) is 54.9 Å². The van der Waals surface area contributed by atoms with Crippen molar-refractivity contribution in [3.63, 3.8) is 0 Å². The summed E-state index contributed by atoms with van der Waals surface area (Å²) in [5.41, 5.74) is 2.41. The summed E-state index contributed by atoms with van der Waals surface area (Å²) in [6, 6.07) is 13.6. The van der Waals surface area contributed by atoms with E-state index in [-0.39, 0.29) is 0 Å². The quantitative estimate of drug-likeness (QED) is 0.746. The first-order valence-corrected chi connectivity index (χ1v) is 7.72. The van der Waals surface area contributed by atoms with E-state index in [2.05, 4.69) is 15.3 Å². The van der Waals surface area contributed by atoms with Gasteiger partial charge in [-0.2, -0.15) is 0 Å². The fraction of sp³-hybridized carbons (Fsp3) is 0.211. The van der Waals surface area contributed by atoms with E-state index in [9.17, 15) is 4.79 Å². The molecule has 24 heavy (non-hydrogen) atoms. The van der Waals surface area contributed by atoms with E-state index in [4.69, 9.17) is 4.74 Å². The maximum atomic E-state index is 11.8. The molecule has 0 unspecified atom stereocenters. The third-order valence-electron chi connectivity index (χ3n) is 3.35. The topological polar surface area (TPSA) is 64.1 Å². The fourth-order valence-electron chi connectivity index (χ4n) is 2.39. The van der Waals surface area contributed by atoms with Crippen LogP contribution in [0.2, 0.25) is 0 Å². The van der Waals surface area contributed by atoms with Gasteiger partial charge in [-0.15, -0.1) is 0 Å². The Bertz CT molecular complexity index is 862. The standard InChI is InChI=1S/C19H19N3O2/c1-19(2,3)24-18(23)22-17-10-9-13(12-21-17)14-6-4-8-16-15(14)7-5-11-20-16/h4-12H,1-3H3,(H,21,22,23). The minimum atomic E-state index is -0.542. The molecule has 0 aliphatic rings. The second-order valence-corrected chi connectivity index (χ2v) is 6.43. The molecule has 5 nitrogen and oxygen atoms in total. The lowest BCUT2D eigenvalue weighted by Crippen LogP contribution is -2.27. The lowest BCUT2D eigenvalue weighted by atomic mass is 10.0. The van der Waals surface area contributed by atoms with Gasteiger partial charge in [-0.1, -0.05) is 18.2 Å². The molecule has 3 rings (SSSR count). The first-order chi connectivity index (χ1) is 11.4. The number of aromatic nitrogens is 2. The number of carbonyl (C=O) groups excluding carboxylic acids is 1. The van der Waals surface area contributed by atoms with Crippen LogP contribution in [0.15, 0.2) is 54.9 Å². The SMILES string of the molecule is CC(C)(C)OC(=O)Nc1ccc(-c2cccc3ncccc23)cn1. The maximum Gasteiger partial charge on any atom is 0.413 e. The van der Waals surface area contributed by atoms with Crippen molar-refractivity contribution in [2.45, 2.75) is 26.4 Å². The number of ether oxygens (including phenoxy) is 1. The number of pyridine rings is 2. The van der Waals surface area contributed by atoms with Crippen molar-refractivity contribution < 1.29 is 9.53 Å². The summed E-state index contributed by atoms with van der Waals surface area (Å²) < 4.78 is 5.22. The predicted octanol–water partition coefficient (Wildman–Crippen LogP) is 4.64. The van der Waals surface area contributed by atoms with Gasteiger partial charge in [-0.3, -0.25) is 10.3 Å². The van der Waals surface area contributed by atoms with Crippen molar-refractivity contribution in [2.75, 3.05) is 5.32 Å². The van der Waals surface area contributed by atoms with Gasteiger partial charge >= 0.3 is 6.09 Å². The van der Waals surface area contributed by atoms with Crippen molar-refractivity contribution in [2.24, 2.45) is 0 Å². The smallest absolute Gasteiger partial charge is 0.413 e. The van der Waals surface area contributed by atoms with E-state index < -0.39 is 11.7 Å². The molecule has 0 spiro atoms. The number of carbonyl (C=O) groups is 1. The van der Waals surface area contributed by atoms with Gasteiger partial charge in [0, 0.05) is 23.3 Å². The van der Waals surface area contributed by atoms with Crippen molar-refractivity contribution in [1.29, 1.82) is 0 Å². The Labute approximate surface area is 140 Å². The number of rotatable bonds is 2. The highest BCUT2D eigenvalue weighted by Crippen LogP contribution is 2.27. The summed E-state index contributed by atoms with van der Waals surface area (Å²) in [4.78, 5) is 20.4. The number of amides is 1. The number of nitrogens with one attached hydrogen (secondary N) is 1. The molecule has 1 aromatic carbocycles. The third-order valence-corrected chi connectivity index (χ3v) is 3.35. The highest BCUT2D eigenvalue weighted by Gasteiger charge is 2.16. The van der Waals surface area contributed by atoms with Gasteiger partial charge in [0.05, 0.1) is 5.52 Å². The van der Waals surface area contributed by atoms with Gasteiger partial charge in [0.2, 0.25) is 0 Å². The molecule has 0 aliphatic heterocycles. The average Bonchev–Trinajstić information content (AvgIpc) is 2.53. The highest BCUT2D eigenvalue weighted by atomic mass is 16.6. The molecule has 0 bridgehead atoms. The number of anilines is 1. The largest absolute Gasteiger partial charge is 0.444 e. The van der Waals surface area contributed by atoms with Gasteiger partial charge in [0.15, 0.2) is 0 Å². The van der Waals surface area contributed by atoms with Crippen LogP contribution in [0.25, 0.3) is 22.0 Å². The summed E-state index contributed by atoms with van der Waals surface area (Å²) in [6.07, 6.45) is 2.99. The first-order valence-electron chi connectivity index (χ1n) is 7.72. The Morgan fingerprint density at radius 1 is 1.04 bits per heavy atom. The number of hydrogen-bond donors (Lipinski definition) is 1. The maximum absolute atomic E-state index is 11.8. The Morgan fingerprint density at radius 2 is 1.88 bits per heavy atom. The molecule has 5 heteroatoms. The van der Waals surface area contributed by atoms with Crippen LogP contribution in [0.3, 0.4) is 0 Å². The summed E-state index contributed by atoms with van der Waals surface area (Å²) in [5, 5.41) is 3.69. The van der Waals surface area contributed by atoms with Crippen LogP contribution >= 0.6 is 0 Å². The van der Waals surface area contributed by atoms with E-state index >= 15 is 0 Å². The molecule has 1 N–H and O–H groups in total. The normalized spacial score (nSPS) is 11.3. The minimum Gasteiger partial charge on any atom is -0.444 e. The average molecular weight is 321 g/mol. The molecule has 0 aliphatic carbocycles. The second-order valence-electron chi connectivity index (χ2n) is 6.43. The summed E-state index contributed by atoms with van der Waals surface area (Å²) in [6.45, 7) is 5.45. The van der Waals surface area contributed by atoms with Crippen LogP contribution in [0.5, 0.6) is 0 Å². The van der Waals surface area contributed by atoms with E-state index in [0.717, 1.165) is 22.0 Å². The summed E-state index contributed by atoms with van der Waals surface area (Å²) in [5.74, 6) is 0.450. The van der Waals surface area contributed by atoms with Gasteiger partial charge in [0.25, 0.3) is 0 Å². The molecule has 0 atom stereocenters. The lowest BCUT2D eigenvalue weighted by molar-refractivity contribution is 0.0635. The Kier molecular flexibility index (Phi) is 4.16. The van der Waals surface area contributed by atoms with Gasteiger partial charge < -0.3 is 4.74 Å². The van der Waals surface area contributed by atoms with Gasteiger partial charge in [-0.25, -0.2) is 9.78 Å². The third kappa shape index (κ3) is 3.68. The molecule has 0 saturated carbocycles. The molecular weight excluding hydrogens is 302 g/mol. The molecule has 0 saturated heterocycles. The number of hydrogen-bond acceptors (Lipinski definition) is 4. The molecule has 0 radical (unpaired) electrons. The van der Waals surface area contributed by atoms with Crippen molar-refractivity contribution in [1.82, 2.24) is 9.97 Å². The van der Waals surface area contributed by atoms with Crippen LogP contribution in [0, 0.1) is 0 Å². The number of nitrogens with zero attached hydrogens (tertiary/aromatic N) is 2. The second kappa shape index (κ2) is 6.28. The lowest BCUT2D eigenvalue weighted by Gasteiger charge is -2.19. The van der Waals surface area contributed by atoms with E-state index in [0.29, 0.717) is 5.82 Å². The highest BCUT2D eigenvalue weighted by molar-refractivity contribution is 5.94. The molecule has 0 fully saturated rings. The van der Waals surface area contributed by atoms with E-state index in [1.165, 1.54) is 0 Å². The molecule has 3 aromatic rings. The molecule has 2 heterocycles. The Balaban J connectivity index is 1.83. The Hall–Kier alpha value is -2.95. The van der Waals surface area contributed by atoms with Crippen LogP contribution in [0.1, 0.15) is 20.8 Å². The van der Waals surface area contributed by atoms with E-state index in [1.807, 2.05) is 57.2 Å². The zero-order valence-electron chi connectivity index (χ0n) is 13.9. The zero-order chi connectivity index (χ0) is 17.2. The molecule has 2 aromatic heterocycles. The zero-order valence-corrected chi connectivity index (χ0v) is 13.9. The monoisotopic (exact) mass is 321 g/mol. The summed E-state index contributed by atoms with van der Waals surface area (Å²) >= 11 is 0. The molecular formula is C19H19N3O2. The van der Waals surface area contributed by atoms with Gasteiger partial charge in [-0.05, 0) is 50.6 Å². The first kappa shape index (κ1) is 15.9. The van der Waals surface area contributed by atoms with Crippen LogP contribution in [-0.2, 0) is 4.74 Å². The van der Waals surface area contributed by atoms with Crippen LogP contribution in [0.4, 0.5) is 10.6 Å². The van der Waals surface area contributed by atoms with Gasteiger partial charge in [0.1, 0.15) is 11.4 Å². The number of benzene rings is 1. The summed E-state index contributed by atoms with van der Waals surface area (Å²) in [7, 11) is 0. The van der Waals surface area contributed by atoms with Crippen LogP contribution in [-0.4, -0.2) is 21.7 Å². The van der Waals surface area contributed by atoms with Crippen molar-refractivity contribution in [3.8, 4) is 11.1 Å².